The van der Waals surface area contributed by atoms with Crippen LogP contribution in [0.3, 0.4) is 0 Å². The summed E-state index contributed by atoms with van der Waals surface area (Å²) < 4.78 is 3.47. The van der Waals surface area contributed by atoms with E-state index >= 15 is 0 Å². The number of carbonyl (C=O) groups is 2. The SMILES string of the molecule is CCC(C)C(S)(C(=O)OC)C(=O)C(C)c1c(C)cc(C)cc1C. The Morgan fingerprint density at radius 2 is 1.65 bits per heavy atom. The lowest BCUT2D eigenvalue weighted by Gasteiger charge is -2.33. The minimum absolute atomic E-state index is 0.197. The highest BCUT2D eigenvalue weighted by atomic mass is 32.1. The van der Waals surface area contributed by atoms with Gasteiger partial charge in [-0.1, -0.05) is 44.9 Å². The summed E-state index contributed by atoms with van der Waals surface area (Å²) in [7, 11) is 1.30. The van der Waals surface area contributed by atoms with E-state index in [1.807, 2.05) is 41.5 Å². The molecule has 0 saturated heterocycles. The average molecular weight is 336 g/mol. The fourth-order valence-electron chi connectivity index (χ4n) is 3.33. The van der Waals surface area contributed by atoms with Crippen LogP contribution in [0.5, 0.6) is 0 Å². The van der Waals surface area contributed by atoms with Crippen LogP contribution in [0, 0.1) is 26.7 Å². The van der Waals surface area contributed by atoms with Gasteiger partial charge in [-0.15, -0.1) is 0 Å². The van der Waals surface area contributed by atoms with E-state index < -0.39 is 16.6 Å². The van der Waals surface area contributed by atoms with Gasteiger partial charge in [0.05, 0.1) is 7.11 Å². The fraction of sp³-hybridized carbons (Fsp3) is 0.579. The predicted molar refractivity (Wildman–Crippen MR) is 97.3 cm³/mol. The molecule has 128 valence electrons. The maximum Gasteiger partial charge on any atom is 0.329 e. The molecule has 0 spiro atoms. The molecule has 4 heteroatoms. The van der Waals surface area contributed by atoms with Crippen molar-refractivity contribution in [3.8, 4) is 0 Å². The van der Waals surface area contributed by atoms with E-state index in [1.165, 1.54) is 7.11 Å². The third-order valence-electron chi connectivity index (χ3n) is 4.76. The summed E-state index contributed by atoms with van der Waals surface area (Å²) in [5.74, 6) is -1.40. The molecule has 0 radical (unpaired) electrons. The van der Waals surface area contributed by atoms with Gasteiger partial charge in [-0.25, -0.2) is 0 Å². The molecule has 23 heavy (non-hydrogen) atoms. The van der Waals surface area contributed by atoms with Crippen LogP contribution in [0.2, 0.25) is 0 Å². The number of ketones is 1. The van der Waals surface area contributed by atoms with E-state index in [9.17, 15) is 9.59 Å². The highest BCUT2D eigenvalue weighted by Crippen LogP contribution is 2.37. The first-order chi connectivity index (χ1) is 10.6. The lowest BCUT2D eigenvalue weighted by molar-refractivity contribution is -0.149. The van der Waals surface area contributed by atoms with E-state index in [2.05, 4.69) is 24.8 Å². The van der Waals surface area contributed by atoms with Crippen molar-refractivity contribution < 1.29 is 14.3 Å². The summed E-state index contributed by atoms with van der Waals surface area (Å²) >= 11 is 4.52. The molecular formula is C19H28O3S. The Morgan fingerprint density at radius 1 is 1.17 bits per heavy atom. The third kappa shape index (κ3) is 3.63. The number of aryl methyl sites for hydroxylation is 3. The number of hydrogen-bond acceptors (Lipinski definition) is 4. The minimum Gasteiger partial charge on any atom is -0.468 e. The smallest absolute Gasteiger partial charge is 0.329 e. The van der Waals surface area contributed by atoms with Crippen LogP contribution in [-0.4, -0.2) is 23.6 Å². The molecule has 0 aliphatic rings. The van der Waals surface area contributed by atoms with Crippen LogP contribution < -0.4 is 0 Å². The molecule has 1 rings (SSSR count). The van der Waals surface area contributed by atoms with Crippen LogP contribution in [0.4, 0.5) is 0 Å². The Kier molecular flexibility index (Phi) is 6.46. The highest BCUT2D eigenvalue weighted by molar-refractivity contribution is 7.83. The van der Waals surface area contributed by atoms with Gasteiger partial charge in [0.25, 0.3) is 0 Å². The van der Waals surface area contributed by atoms with Crippen molar-refractivity contribution in [3.63, 3.8) is 0 Å². The van der Waals surface area contributed by atoms with Gasteiger partial charge < -0.3 is 4.74 Å². The van der Waals surface area contributed by atoms with E-state index in [0.717, 1.165) is 22.3 Å². The number of Topliss-reactive ketones (excluding diaryl/α,β-unsaturated/α-hetero) is 1. The van der Waals surface area contributed by atoms with Gasteiger partial charge in [-0.2, -0.15) is 12.6 Å². The normalized spacial score (nSPS) is 16.3. The zero-order chi connectivity index (χ0) is 17.9. The second-order valence-electron chi connectivity index (χ2n) is 6.47. The summed E-state index contributed by atoms with van der Waals surface area (Å²) in [4.78, 5) is 25.5. The molecule has 0 heterocycles. The van der Waals surface area contributed by atoms with Gasteiger partial charge in [0.1, 0.15) is 0 Å². The van der Waals surface area contributed by atoms with Crippen LogP contribution >= 0.6 is 12.6 Å². The molecule has 0 bridgehead atoms. The molecule has 0 N–H and O–H groups in total. The first-order valence-corrected chi connectivity index (χ1v) is 8.48. The van der Waals surface area contributed by atoms with E-state index in [1.54, 1.807) is 0 Å². The van der Waals surface area contributed by atoms with Gasteiger partial charge in [0.2, 0.25) is 0 Å². The van der Waals surface area contributed by atoms with Gasteiger partial charge in [0.15, 0.2) is 10.5 Å². The van der Waals surface area contributed by atoms with Crippen molar-refractivity contribution >= 4 is 24.4 Å². The second kappa shape index (κ2) is 7.52. The molecule has 0 aliphatic carbocycles. The lowest BCUT2D eigenvalue weighted by atomic mass is 9.78. The maximum atomic E-state index is 13.2. The highest BCUT2D eigenvalue weighted by Gasteiger charge is 2.49. The van der Waals surface area contributed by atoms with Crippen LogP contribution in [0.1, 0.15) is 55.4 Å². The molecule has 0 aliphatic heterocycles. The van der Waals surface area contributed by atoms with Crippen molar-refractivity contribution in [2.24, 2.45) is 5.92 Å². The summed E-state index contributed by atoms with van der Waals surface area (Å²) in [5, 5.41) is 0. The number of methoxy groups -OCH3 is 1. The number of carbonyl (C=O) groups excluding carboxylic acids is 2. The average Bonchev–Trinajstić information content (AvgIpc) is 2.50. The standard InChI is InChI=1S/C19H28O3S/c1-8-14(5)19(23,18(21)22-7)17(20)15(6)16-12(3)9-11(2)10-13(16)4/h9-10,14-15,23H,8H2,1-7H3. The summed E-state index contributed by atoms with van der Waals surface area (Å²) in [6.07, 6.45) is 0.670. The first kappa shape index (κ1) is 19.8. The molecule has 1 aromatic rings. The summed E-state index contributed by atoms with van der Waals surface area (Å²) in [6.45, 7) is 11.7. The van der Waals surface area contributed by atoms with Gasteiger partial charge in [-0.3, -0.25) is 9.59 Å². The van der Waals surface area contributed by atoms with Crippen molar-refractivity contribution in [1.29, 1.82) is 0 Å². The largest absolute Gasteiger partial charge is 0.468 e. The van der Waals surface area contributed by atoms with Crippen LogP contribution in [0.15, 0.2) is 12.1 Å². The number of ether oxygens (including phenoxy) is 1. The molecule has 0 amide bonds. The van der Waals surface area contributed by atoms with Gasteiger partial charge >= 0.3 is 5.97 Å². The third-order valence-corrected chi connectivity index (χ3v) is 5.61. The Morgan fingerprint density at radius 3 is 2.04 bits per heavy atom. The zero-order valence-electron chi connectivity index (χ0n) is 15.2. The van der Waals surface area contributed by atoms with Crippen LogP contribution in [-0.2, 0) is 14.3 Å². The number of hydrogen-bond donors (Lipinski definition) is 1. The number of esters is 1. The number of thiol groups is 1. The quantitative estimate of drug-likeness (QED) is 0.482. The molecule has 3 unspecified atom stereocenters. The fourth-order valence-corrected chi connectivity index (χ4v) is 3.80. The van der Waals surface area contributed by atoms with Crippen molar-refractivity contribution in [2.45, 2.75) is 58.6 Å². The topological polar surface area (TPSA) is 43.4 Å². The maximum absolute atomic E-state index is 13.2. The molecule has 3 atom stereocenters. The van der Waals surface area contributed by atoms with Crippen molar-refractivity contribution in [2.75, 3.05) is 7.11 Å². The van der Waals surface area contributed by atoms with Crippen molar-refractivity contribution in [1.82, 2.24) is 0 Å². The van der Waals surface area contributed by atoms with Gasteiger partial charge in [-0.05, 0) is 43.4 Å². The molecular weight excluding hydrogens is 308 g/mol. The molecule has 3 nitrogen and oxygen atoms in total. The van der Waals surface area contributed by atoms with E-state index in [4.69, 9.17) is 4.74 Å². The monoisotopic (exact) mass is 336 g/mol. The van der Waals surface area contributed by atoms with Gasteiger partial charge in [0, 0.05) is 5.92 Å². The Hall–Kier alpha value is -1.29. The van der Waals surface area contributed by atoms with Crippen LogP contribution in [0.25, 0.3) is 0 Å². The lowest BCUT2D eigenvalue weighted by Crippen LogP contribution is -2.49. The molecule has 1 aromatic carbocycles. The second-order valence-corrected chi connectivity index (χ2v) is 7.17. The number of rotatable bonds is 6. The summed E-state index contributed by atoms with van der Waals surface area (Å²) in [5.41, 5.74) is 4.27. The Balaban J connectivity index is 3.38. The zero-order valence-corrected chi connectivity index (χ0v) is 16.1. The van der Waals surface area contributed by atoms with E-state index in [-0.39, 0.29) is 11.7 Å². The number of benzene rings is 1. The molecule has 0 saturated carbocycles. The predicted octanol–water partition coefficient (Wildman–Crippen LogP) is 4.17. The molecule has 0 aromatic heterocycles. The first-order valence-electron chi connectivity index (χ1n) is 8.04. The summed E-state index contributed by atoms with van der Waals surface area (Å²) in [6, 6.07) is 4.13. The van der Waals surface area contributed by atoms with Crippen molar-refractivity contribution in [3.05, 3.63) is 34.4 Å². The molecule has 0 fully saturated rings. The minimum atomic E-state index is -1.42. The van der Waals surface area contributed by atoms with E-state index in [0.29, 0.717) is 6.42 Å². The Bertz CT molecular complexity index is 586. The Labute approximate surface area is 145 Å².